The SMILES string of the molecule is CC1CCN(CCCNC(=O)[C@H]2CC(=O)N(CCc3ccccc3)C2)CC1. The van der Waals surface area contributed by atoms with Gasteiger partial charge in [0.2, 0.25) is 11.8 Å². The van der Waals surface area contributed by atoms with E-state index in [2.05, 4.69) is 29.3 Å². The molecule has 2 saturated heterocycles. The smallest absolute Gasteiger partial charge is 0.225 e. The largest absolute Gasteiger partial charge is 0.356 e. The molecule has 0 saturated carbocycles. The van der Waals surface area contributed by atoms with E-state index < -0.39 is 0 Å². The number of carbonyl (C=O) groups is 2. The van der Waals surface area contributed by atoms with Gasteiger partial charge in [-0.3, -0.25) is 9.59 Å². The molecule has 2 aliphatic rings. The zero-order valence-electron chi connectivity index (χ0n) is 16.5. The predicted molar refractivity (Wildman–Crippen MR) is 107 cm³/mol. The van der Waals surface area contributed by atoms with E-state index in [0.717, 1.165) is 25.3 Å². The van der Waals surface area contributed by atoms with E-state index in [1.807, 2.05) is 23.1 Å². The lowest BCUT2D eigenvalue weighted by molar-refractivity contribution is -0.129. The molecule has 5 heteroatoms. The third-order valence-corrected chi connectivity index (χ3v) is 5.93. The van der Waals surface area contributed by atoms with Gasteiger partial charge in [0.15, 0.2) is 0 Å². The van der Waals surface area contributed by atoms with Crippen LogP contribution in [0.2, 0.25) is 0 Å². The third-order valence-electron chi connectivity index (χ3n) is 5.93. The van der Waals surface area contributed by atoms with Crippen LogP contribution in [-0.2, 0) is 16.0 Å². The number of piperidine rings is 1. The average molecular weight is 372 g/mol. The van der Waals surface area contributed by atoms with E-state index in [1.165, 1.54) is 31.5 Å². The molecule has 1 atom stereocenters. The van der Waals surface area contributed by atoms with Crippen LogP contribution in [0.25, 0.3) is 0 Å². The van der Waals surface area contributed by atoms with Gasteiger partial charge in [0.1, 0.15) is 0 Å². The number of nitrogens with zero attached hydrogens (tertiary/aromatic N) is 2. The van der Waals surface area contributed by atoms with Crippen molar-refractivity contribution in [2.75, 3.05) is 39.3 Å². The van der Waals surface area contributed by atoms with Gasteiger partial charge in [0, 0.05) is 26.1 Å². The maximum Gasteiger partial charge on any atom is 0.225 e. The summed E-state index contributed by atoms with van der Waals surface area (Å²) in [7, 11) is 0. The fraction of sp³-hybridized carbons (Fsp3) is 0.636. The molecule has 0 unspecified atom stereocenters. The molecule has 27 heavy (non-hydrogen) atoms. The van der Waals surface area contributed by atoms with E-state index in [0.29, 0.717) is 26.1 Å². The number of benzene rings is 1. The van der Waals surface area contributed by atoms with E-state index in [9.17, 15) is 9.59 Å². The number of hydrogen-bond donors (Lipinski definition) is 1. The van der Waals surface area contributed by atoms with Crippen molar-refractivity contribution >= 4 is 11.8 Å². The van der Waals surface area contributed by atoms with Crippen molar-refractivity contribution < 1.29 is 9.59 Å². The molecule has 0 radical (unpaired) electrons. The average Bonchev–Trinajstić information content (AvgIpc) is 3.06. The van der Waals surface area contributed by atoms with Crippen molar-refractivity contribution in [3.8, 4) is 0 Å². The Hall–Kier alpha value is -1.88. The van der Waals surface area contributed by atoms with E-state index in [1.54, 1.807) is 0 Å². The van der Waals surface area contributed by atoms with Crippen molar-refractivity contribution in [2.45, 2.75) is 39.0 Å². The summed E-state index contributed by atoms with van der Waals surface area (Å²) in [6.45, 7) is 7.70. The second-order valence-electron chi connectivity index (χ2n) is 8.15. The summed E-state index contributed by atoms with van der Waals surface area (Å²) in [5, 5.41) is 3.04. The Balaban J connectivity index is 1.32. The lowest BCUT2D eigenvalue weighted by Crippen LogP contribution is -2.37. The van der Waals surface area contributed by atoms with Crippen molar-refractivity contribution in [1.29, 1.82) is 0 Å². The Morgan fingerprint density at radius 3 is 2.63 bits per heavy atom. The fourth-order valence-corrected chi connectivity index (χ4v) is 4.02. The first kappa shape index (κ1) is 19.9. The molecule has 0 aliphatic carbocycles. The molecule has 3 rings (SSSR count). The Morgan fingerprint density at radius 2 is 1.89 bits per heavy atom. The number of likely N-dealkylation sites (tertiary alicyclic amines) is 2. The van der Waals surface area contributed by atoms with Gasteiger partial charge in [-0.2, -0.15) is 0 Å². The first-order chi connectivity index (χ1) is 13.1. The number of nitrogens with one attached hydrogen (secondary N) is 1. The van der Waals surface area contributed by atoms with Crippen LogP contribution in [-0.4, -0.2) is 60.9 Å². The fourth-order valence-electron chi connectivity index (χ4n) is 4.02. The summed E-state index contributed by atoms with van der Waals surface area (Å²) < 4.78 is 0. The molecule has 2 aliphatic heterocycles. The highest BCUT2D eigenvalue weighted by Gasteiger charge is 2.33. The van der Waals surface area contributed by atoms with Gasteiger partial charge >= 0.3 is 0 Å². The molecule has 1 aromatic rings. The summed E-state index contributed by atoms with van der Waals surface area (Å²) in [6, 6.07) is 10.2. The topological polar surface area (TPSA) is 52.7 Å². The van der Waals surface area contributed by atoms with Gasteiger partial charge in [-0.05, 0) is 56.8 Å². The third kappa shape index (κ3) is 6.06. The highest BCUT2D eigenvalue weighted by atomic mass is 16.2. The zero-order valence-corrected chi connectivity index (χ0v) is 16.5. The minimum Gasteiger partial charge on any atom is -0.356 e. The molecule has 0 bridgehead atoms. The standard InChI is InChI=1S/C22H33N3O2/c1-18-8-13-24(14-9-18)12-5-11-23-22(27)20-16-21(26)25(17-20)15-10-19-6-3-2-4-7-19/h2-4,6-7,18,20H,5,8-17H2,1H3,(H,23,27)/t20-/m0/s1. The second kappa shape index (κ2) is 9.88. The van der Waals surface area contributed by atoms with Crippen LogP contribution in [0.4, 0.5) is 0 Å². The molecule has 0 aromatic heterocycles. The second-order valence-corrected chi connectivity index (χ2v) is 8.15. The number of rotatable bonds is 8. The summed E-state index contributed by atoms with van der Waals surface area (Å²) >= 11 is 0. The summed E-state index contributed by atoms with van der Waals surface area (Å²) in [5.41, 5.74) is 1.23. The molecule has 148 valence electrons. The van der Waals surface area contributed by atoms with Crippen LogP contribution in [0.3, 0.4) is 0 Å². The van der Waals surface area contributed by atoms with Gasteiger partial charge in [-0.25, -0.2) is 0 Å². The molecule has 1 aromatic carbocycles. The maximum absolute atomic E-state index is 12.4. The van der Waals surface area contributed by atoms with Crippen molar-refractivity contribution in [1.82, 2.24) is 15.1 Å². The van der Waals surface area contributed by atoms with Gasteiger partial charge < -0.3 is 15.1 Å². The summed E-state index contributed by atoms with van der Waals surface area (Å²) in [4.78, 5) is 28.9. The Morgan fingerprint density at radius 1 is 1.15 bits per heavy atom. The highest BCUT2D eigenvalue weighted by molar-refractivity contribution is 5.89. The molecular weight excluding hydrogens is 338 g/mol. The molecule has 1 N–H and O–H groups in total. The van der Waals surface area contributed by atoms with E-state index in [-0.39, 0.29) is 17.7 Å². The molecule has 2 amide bonds. The first-order valence-corrected chi connectivity index (χ1v) is 10.4. The van der Waals surface area contributed by atoms with E-state index >= 15 is 0 Å². The summed E-state index contributed by atoms with van der Waals surface area (Å²) in [6.07, 6.45) is 4.75. The Kier molecular flexibility index (Phi) is 7.27. The van der Waals surface area contributed by atoms with Crippen LogP contribution >= 0.6 is 0 Å². The van der Waals surface area contributed by atoms with Gasteiger partial charge in [0.25, 0.3) is 0 Å². The molecule has 2 fully saturated rings. The summed E-state index contributed by atoms with van der Waals surface area (Å²) in [5.74, 6) is 0.807. The van der Waals surface area contributed by atoms with Crippen LogP contribution in [0.15, 0.2) is 30.3 Å². The molecular formula is C22H33N3O2. The van der Waals surface area contributed by atoms with E-state index in [4.69, 9.17) is 0 Å². The van der Waals surface area contributed by atoms with Gasteiger partial charge in [-0.15, -0.1) is 0 Å². The molecule has 5 nitrogen and oxygen atoms in total. The predicted octanol–water partition coefficient (Wildman–Crippen LogP) is 2.32. The molecule has 2 heterocycles. The Labute approximate surface area is 163 Å². The maximum atomic E-state index is 12.4. The normalized spacial score (nSPS) is 21.6. The number of amides is 2. The number of carbonyl (C=O) groups excluding carboxylic acids is 2. The van der Waals surface area contributed by atoms with Crippen LogP contribution in [0.1, 0.15) is 38.2 Å². The quantitative estimate of drug-likeness (QED) is 0.714. The lowest BCUT2D eigenvalue weighted by atomic mass is 9.99. The minimum absolute atomic E-state index is 0.0397. The van der Waals surface area contributed by atoms with Crippen molar-refractivity contribution in [3.05, 3.63) is 35.9 Å². The first-order valence-electron chi connectivity index (χ1n) is 10.4. The van der Waals surface area contributed by atoms with Crippen LogP contribution in [0.5, 0.6) is 0 Å². The Bertz CT molecular complexity index is 611. The van der Waals surface area contributed by atoms with Crippen molar-refractivity contribution in [2.24, 2.45) is 11.8 Å². The lowest BCUT2D eigenvalue weighted by Gasteiger charge is -2.30. The highest BCUT2D eigenvalue weighted by Crippen LogP contribution is 2.19. The zero-order chi connectivity index (χ0) is 19.1. The minimum atomic E-state index is -0.191. The van der Waals surface area contributed by atoms with Gasteiger partial charge in [-0.1, -0.05) is 37.3 Å². The van der Waals surface area contributed by atoms with Crippen LogP contribution in [0, 0.1) is 11.8 Å². The van der Waals surface area contributed by atoms with Crippen molar-refractivity contribution in [3.63, 3.8) is 0 Å². The monoisotopic (exact) mass is 371 g/mol. The van der Waals surface area contributed by atoms with Crippen LogP contribution < -0.4 is 5.32 Å². The van der Waals surface area contributed by atoms with Gasteiger partial charge in [0.05, 0.1) is 5.92 Å². The molecule has 0 spiro atoms. The number of hydrogen-bond acceptors (Lipinski definition) is 3.